The number of carbonyl (C=O) groups is 2. The standard InChI is InChI=1S/C22H21FN2O4/c23-18-4-2-1-3-16(18)14-28-17-7-5-15(6-8-17)21(27)24-10-9-22-19(24)13-20(26)25(22)11-12-29-22/h1-8,19H,9-14H2/t19-,22+/m1/s1. The summed E-state index contributed by atoms with van der Waals surface area (Å²) in [5, 5.41) is 0. The Morgan fingerprint density at radius 2 is 1.97 bits per heavy atom. The lowest BCUT2D eigenvalue weighted by Gasteiger charge is -2.31. The van der Waals surface area contributed by atoms with Gasteiger partial charge in [-0.3, -0.25) is 9.59 Å². The van der Waals surface area contributed by atoms with Crippen molar-refractivity contribution in [3.8, 4) is 5.75 Å². The van der Waals surface area contributed by atoms with Gasteiger partial charge in [-0.15, -0.1) is 0 Å². The molecule has 2 aromatic rings. The molecule has 6 nitrogen and oxygen atoms in total. The maximum absolute atomic E-state index is 13.7. The summed E-state index contributed by atoms with van der Waals surface area (Å²) in [7, 11) is 0. The number of likely N-dealkylation sites (tertiary alicyclic amines) is 1. The van der Waals surface area contributed by atoms with Gasteiger partial charge in [-0.25, -0.2) is 4.39 Å². The van der Waals surface area contributed by atoms with E-state index in [2.05, 4.69) is 0 Å². The van der Waals surface area contributed by atoms with Crippen LogP contribution in [-0.4, -0.2) is 53.1 Å². The van der Waals surface area contributed by atoms with Crippen molar-refractivity contribution in [2.75, 3.05) is 19.7 Å². The quantitative estimate of drug-likeness (QED) is 0.797. The van der Waals surface area contributed by atoms with Crippen LogP contribution in [0.3, 0.4) is 0 Å². The van der Waals surface area contributed by atoms with Gasteiger partial charge in [-0.05, 0) is 30.3 Å². The van der Waals surface area contributed by atoms with Crippen molar-refractivity contribution in [2.45, 2.75) is 31.2 Å². The van der Waals surface area contributed by atoms with E-state index in [1.807, 2.05) is 0 Å². The van der Waals surface area contributed by atoms with Crippen molar-refractivity contribution in [3.63, 3.8) is 0 Å². The third kappa shape index (κ3) is 2.88. The largest absolute Gasteiger partial charge is 0.489 e. The zero-order valence-electron chi connectivity index (χ0n) is 15.8. The summed E-state index contributed by atoms with van der Waals surface area (Å²) in [4.78, 5) is 28.9. The average Bonchev–Trinajstić information content (AvgIpc) is 3.38. The number of amides is 2. The Balaban J connectivity index is 1.28. The van der Waals surface area contributed by atoms with Gasteiger partial charge >= 0.3 is 0 Å². The molecule has 7 heteroatoms. The van der Waals surface area contributed by atoms with E-state index in [1.165, 1.54) is 6.07 Å². The molecular weight excluding hydrogens is 375 g/mol. The first-order valence-corrected chi connectivity index (χ1v) is 9.80. The van der Waals surface area contributed by atoms with Crippen LogP contribution in [-0.2, 0) is 16.1 Å². The van der Waals surface area contributed by atoms with E-state index >= 15 is 0 Å². The van der Waals surface area contributed by atoms with Crippen LogP contribution in [0.25, 0.3) is 0 Å². The molecule has 0 saturated carbocycles. The number of hydrogen-bond acceptors (Lipinski definition) is 4. The lowest BCUT2D eigenvalue weighted by atomic mass is 10.1. The van der Waals surface area contributed by atoms with Gasteiger partial charge in [0.2, 0.25) is 5.91 Å². The van der Waals surface area contributed by atoms with E-state index in [-0.39, 0.29) is 30.3 Å². The van der Waals surface area contributed by atoms with E-state index in [9.17, 15) is 14.0 Å². The van der Waals surface area contributed by atoms with Gasteiger partial charge in [0.05, 0.1) is 19.1 Å². The number of rotatable bonds is 4. The highest BCUT2D eigenvalue weighted by Crippen LogP contribution is 2.45. The summed E-state index contributed by atoms with van der Waals surface area (Å²) < 4.78 is 25.3. The second kappa shape index (κ2) is 6.84. The molecule has 3 aliphatic heterocycles. The third-order valence-electron chi connectivity index (χ3n) is 6.11. The molecule has 1 spiro atoms. The Hall–Kier alpha value is -2.93. The maximum Gasteiger partial charge on any atom is 0.254 e. The summed E-state index contributed by atoms with van der Waals surface area (Å²) in [6, 6.07) is 13.0. The van der Waals surface area contributed by atoms with E-state index in [0.29, 0.717) is 49.4 Å². The van der Waals surface area contributed by atoms with Gasteiger partial charge in [-0.1, -0.05) is 18.2 Å². The number of carbonyl (C=O) groups excluding carboxylic acids is 2. The summed E-state index contributed by atoms with van der Waals surface area (Å²) in [6.07, 6.45) is 0.967. The van der Waals surface area contributed by atoms with Crippen molar-refractivity contribution in [1.29, 1.82) is 0 Å². The van der Waals surface area contributed by atoms with Crippen molar-refractivity contribution in [3.05, 3.63) is 65.5 Å². The fourth-order valence-corrected chi connectivity index (χ4v) is 4.67. The van der Waals surface area contributed by atoms with Crippen LogP contribution in [0.1, 0.15) is 28.8 Å². The van der Waals surface area contributed by atoms with E-state index in [1.54, 1.807) is 52.3 Å². The van der Waals surface area contributed by atoms with Gasteiger partial charge in [0.25, 0.3) is 5.91 Å². The van der Waals surface area contributed by atoms with Crippen molar-refractivity contribution >= 4 is 11.8 Å². The number of ether oxygens (including phenoxy) is 2. The Labute approximate surface area is 167 Å². The molecule has 29 heavy (non-hydrogen) atoms. The molecular formula is C22H21FN2O4. The topological polar surface area (TPSA) is 59.1 Å². The highest BCUT2D eigenvalue weighted by molar-refractivity contribution is 5.96. The van der Waals surface area contributed by atoms with Crippen molar-refractivity contribution in [2.24, 2.45) is 0 Å². The van der Waals surface area contributed by atoms with Gasteiger partial charge in [-0.2, -0.15) is 0 Å². The van der Waals surface area contributed by atoms with E-state index < -0.39 is 5.72 Å². The zero-order chi connectivity index (χ0) is 20.0. The molecule has 2 amide bonds. The summed E-state index contributed by atoms with van der Waals surface area (Å²) in [6.45, 7) is 1.81. The molecule has 3 saturated heterocycles. The molecule has 2 atom stereocenters. The van der Waals surface area contributed by atoms with Crippen LogP contribution in [0.2, 0.25) is 0 Å². The Morgan fingerprint density at radius 3 is 2.76 bits per heavy atom. The molecule has 0 bridgehead atoms. The van der Waals surface area contributed by atoms with Gasteiger partial charge in [0.1, 0.15) is 18.2 Å². The average molecular weight is 396 g/mol. The fourth-order valence-electron chi connectivity index (χ4n) is 4.67. The van der Waals surface area contributed by atoms with Crippen LogP contribution in [0.5, 0.6) is 5.75 Å². The SMILES string of the molecule is O=C(c1ccc(OCc2ccccc2F)cc1)N1CC[C@@]23OCCN2C(=O)C[C@@H]13. The number of benzene rings is 2. The molecule has 0 unspecified atom stereocenters. The minimum atomic E-state index is -0.629. The normalized spacial score (nSPS) is 25.3. The molecule has 5 rings (SSSR count). The number of halogens is 1. The van der Waals surface area contributed by atoms with Gasteiger partial charge < -0.3 is 19.3 Å². The lowest BCUT2D eigenvalue weighted by molar-refractivity contribution is -0.136. The first kappa shape index (κ1) is 18.1. The number of nitrogens with zero attached hydrogens (tertiary/aromatic N) is 2. The summed E-state index contributed by atoms with van der Waals surface area (Å²) >= 11 is 0. The van der Waals surface area contributed by atoms with E-state index in [0.717, 1.165) is 0 Å². The summed E-state index contributed by atoms with van der Waals surface area (Å²) in [5.41, 5.74) is 0.376. The van der Waals surface area contributed by atoms with Gasteiger partial charge in [0, 0.05) is 30.6 Å². The first-order chi connectivity index (χ1) is 14.1. The zero-order valence-corrected chi connectivity index (χ0v) is 15.8. The fraction of sp³-hybridized carbons (Fsp3) is 0.364. The molecule has 0 radical (unpaired) electrons. The number of hydrogen-bond donors (Lipinski definition) is 0. The van der Waals surface area contributed by atoms with Crippen LogP contribution in [0.4, 0.5) is 4.39 Å². The smallest absolute Gasteiger partial charge is 0.254 e. The molecule has 0 aromatic heterocycles. The lowest BCUT2D eigenvalue weighted by Crippen LogP contribution is -2.48. The predicted octanol–water partition coefficient (Wildman–Crippen LogP) is 2.58. The van der Waals surface area contributed by atoms with Crippen molar-refractivity contribution < 1.29 is 23.5 Å². The maximum atomic E-state index is 13.7. The minimum absolute atomic E-state index is 0.0573. The molecule has 2 aromatic carbocycles. The van der Waals surface area contributed by atoms with Gasteiger partial charge in [0.15, 0.2) is 5.72 Å². The predicted molar refractivity (Wildman–Crippen MR) is 102 cm³/mol. The van der Waals surface area contributed by atoms with Crippen LogP contribution < -0.4 is 4.74 Å². The molecule has 0 aliphatic carbocycles. The molecule has 3 fully saturated rings. The highest BCUT2D eigenvalue weighted by atomic mass is 19.1. The second-order valence-corrected chi connectivity index (χ2v) is 7.61. The third-order valence-corrected chi connectivity index (χ3v) is 6.11. The molecule has 0 N–H and O–H groups in total. The Bertz CT molecular complexity index is 964. The second-order valence-electron chi connectivity index (χ2n) is 7.61. The molecule has 3 aliphatic rings. The highest BCUT2D eigenvalue weighted by Gasteiger charge is 2.62. The van der Waals surface area contributed by atoms with Crippen LogP contribution in [0, 0.1) is 5.82 Å². The van der Waals surface area contributed by atoms with Crippen molar-refractivity contribution in [1.82, 2.24) is 9.80 Å². The van der Waals surface area contributed by atoms with Crippen LogP contribution in [0.15, 0.2) is 48.5 Å². The minimum Gasteiger partial charge on any atom is -0.489 e. The Kier molecular flexibility index (Phi) is 4.28. The first-order valence-electron chi connectivity index (χ1n) is 9.80. The molecule has 3 heterocycles. The molecule has 150 valence electrons. The summed E-state index contributed by atoms with van der Waals surface area (Å²) in [5.74, 6) is 0.195. The Morgan fingerprint density at radius 1 is 1.17 bits per heavy atom. The van der Waals surface area contributed by atoms with E-state index in [4.69, 9.17) is 9.47 Å². The van der Waals surface area contributed by atoms with Crippen LogP contribution >= 0.6 is 0 Å². The monoisotopic (exact) mass is 396 g/mol.